The van der Waals surface area contributed by atoms with Crippen molar-refractivity contribution >= 4 is 45.7 Å². The van der Waals surface area contributed by atoms with E-state index in [1.165, 1.54) is 15.7 Å². The summed E-state index contributed by atoms with van der Waals surface area (Å²) in [6.07, 6.45) is 4.97. The Hall–Kier alpha value is -0.290. The van der Waals surface area contributed by atoms with Crippen LogP contribution in [0.2, 0.25) is 5.02 Å². The van der Waals surface area contributed by atoms with Crippen molar-refractivity contribution in [3.63, 3.8) is 0 Å². The highest BCUT2D eigenvalue weighted by molar-refractivity contribution is 14.1. The van der Waals surface area contributed by atoms with Gasteiger partial charge in [-0.25, -0.2) is 0 Å². The van der Waals surface area contributed by atoms with Gasteiger partial charge in [-0.3, -0.25) is 4.79 Å². The molecule has 0 aliphatic carbocycles. The molecule has 2 aliphatic heterocycles. The average Bonchev–Trinajstić information content (AvgIpc) is 2.28. The molecular formula is C14H15ClINO. The van der Waals surface area contributed by atoms with Crippen LogP contribution in [0.1, 0.15) is 32.1 Å². The zero-order valence-corrected chi connectivity index (χ0v) is 12.9. The monoisotopic (exact) mass is 375 g/mol. The maximum atomic E-state index is 11.7. The summed E-state index contributed by atoms with van der Waals surface area (Å²) >= 11 is 8.37. The second-order valence-corrected chi connectivity index (χ2v) is 6.79. The fourth-order valence-electron chi connectivity index (χ4n) is 3.26. The summed E-state index contributed by atoms with van der Waals surface area (Å²) in [5.41, 5.74) is 1.25. The van der Waals surface area contributed by atoms with E-state index in [1.807, 2.05) is 12.1 Å². The fraction of sp³-hybridized carbons (Fsp3) is 0.500. The number of ketones is 1. The molecule has 18 heavy (non-hydrogen) atoms. The normalized spacial score (nSPS) is 27.4. The number of Topliss-reactive ketones (excluding diaryl/α,β-unsaturated/α-hetero) is 1. The quantitative estimate of drug-likeness (QED) is 0.691. The van der Waals surface area contributed by atoms with Crippen molar-refractivity contribution in [3.8, 4) is 0 Å². The summed E-state index contributed by atoms with van der Waals surface area (Å²) < 4.78 is 1.19. The fourth-order valence-corrected chi connectivity index (χ4v) is 4.41. The van der Waals surface area contributed by atoms with Crippen molar-refractivity contribution in [2.24, 2.45) is 0 Å². The summed E-state index contributed by atoms with van der Waals surface area (Å²) in [6.45, 7) is 0. The van der Waals surface area contributed by atoms with Crippen LogP contribution in [0.3, 0.4) is 0 Å². The van der Waals surface area contributed by atoms with Gasteiger partial charge in [0.25, 0.3) is 0 Å². The van der Waals surface area contributed by atoms with Gasteiger partial charge in [0.1, 0.15) is 5.78 Å². The van der Waals surface area contributed by atoms with Gasteiger partial charge in [0, 0.05) is 33.5 Å². The Balaban J connectivity index is 1.97. The number of fused-ring (bicyclic) bond motifs is 2. The van der Waals surface area contributed by atoms with E-state index in [2.05, 4.69) is 33.6 Å². The molecule has 0 spiro atoms. The molecule has 0 amide bonds. The Morgan fingerprint density at radius 1 is 1.22 bits per heavy atom. The number of halogens is 2. The van der Waals surface area contributed by atoms with Crippen molar-refractivity contribution < 1.29 is 4.79 Å². The van der Waals surface area contributed by atoms with Crippen LogP contribution in [0.25, 0.3) is 0 Å². The number of nitrogens with zero attached hydrogens (tertiary/aromatic N) is 1. The summed E-state index contributed by atoms with van der Waals surface area (Å²) in [6, 6.07) is 6.86. The van der Waals surface area contributed by atoms with E-state index < -0.39 is 0 Å². The first-order chi connectivity index (χ1) is 8.65. The first-order valence-electron chi connectivity index (χ1n) is 6.40. The lowest BCUT2D eigenvalue weighted by Gasteiger charge is -2.47. The summed E-state index contributed by atoms with van der Waals surface area (Å²) in [4.78, 5) is 14.2. The van der Waals surface area contributed by atoms with Crippen LogP contribution in [0, 0.1) is 3.57 Å². The van der Waals surface area contributed by atoms with E-state index in [-0.39, 0.29) is 0 Å². The molecule has 2 bridgehead atoms. The molecule has 2 aliphatic rings. The van der Waals surface area contributed by atoms with E-state index >= 15 is 0 Å². The minimum Gasteiger partial charge on any atom is -0.364 e. The predicted molar refractivity (Wildman–Crippen MR) is 82.3 cm³/mol. The zero-order valence-electron chi connectivity index (χ0n) is 10.0. The Morgan fingerprint density at radius 3 is 2.50 bits per heavy atom. The molecule has 0 aromatic heterocycles. The lowest BCUT2D eigenvalue weighted by Crippen LogP contribution is -2.52. The van der Waals surface area contributed by atoms with Crippen LogP contribution in [0.15, 0.2) is 18.2 Å². The molecule has 2 atom stereocenters. The van der Waals surface area contributed by atoms with Gasteiger partial charge in [0.2, 0.25) is 0 Å². The minimum atomic E-state index is 0.402. The molecule has 2 nitrogen and oxygen atoms in total. The largest absolute Gasteiger partial charge is 0.364 e. The maximum Gasteiger partial charge on any atom is 0.137 e. The number of benzene rings is 1. The summed E-state index contributed by atoms with van der Waals surface area (Å²) in [5.74, 6) is 0.435. The van der Waals surface area contributed by atoms with Crippen LogP contribution in [-0.4, -0.2) is 17.9 Å². The smallest absolute Gasteiger partial charge is 0.137 e. The van der Waals surface area contributed by atoms with Crippen molar-refractivity contribution in [1.29, 1.82) is 0 Å². The molecule has 0 N–H and O–H groups in total. The van der Waals surface area contributed by atoms with Crippen LogP contribution in [0.4, 0.5) is 5.69 Å². The van der Waals surface area contributed by atoms with Crippen molar-refractivity contribution in [2.45, 2.75) is 44.2 Å². The topological polar surface area (TPSA) is 20.3 Å². The van der Waals surface area contributed by atoms with Crippen molar-refractivity contribution in [3.05, 3.63) is 26.8 Å². The van der Waals surface area contributed by atoms with Gasteiger partial charge in [0.05, 0.1) is 5.69 Å². The highest BCUT2D eigenvalue weighted by Crippen LogP contribution is 2.38. The third kappa shape index (κ3) is 2.27. The summed E-state index contributed by atoms with van der Waals surface area (Å²) in [7, 11) is 0. The Bertz CT molecular complexity index is 475. The Labute approximate surface area is 126 Å². The van der Waals surface area contributed by atoms with Crippen molar-refractivity contribution in [1.82, 2.24) is 0 Å². The number of hydrogen-bond donors (Lipinski definition) is 0. The number of piperidine rings is 2. The predicted octanol–water partition coefficient (Wildman–Crippen LogP) is 4.04. The SMILES string of the molecule is O=C1CC2CCCC(C1)N2c1ccc(Cl)cc1I. The minimum absolute atomic E-state index is 0.402. The van der Waals surface area contributed by atoms with Crippen LogP contribution < -0.4 is 4.90 Å². The molecule has 4 heteroatoms. The molecule has 0 saturated carbocycles. The van der Waals surface area contributed by atoms with Gasteiger partial charge in [-0.15, -0.1) is 0 Å². The van der Waals surface area contributed by atoms with Crippen LogP contribution in [-0.2, 0) is 4.79 Å². The maximum absolute atomic E-state index is 11.7. The van der Waals surface area contributed by atoms with Gasteiger partial charge in [-0.05, 0) is 60.1 Å². The lowest BCUT2D eigenvalue weighted by molar-refractivity contribution is -0.121. The molecular weight excluding hydrogens is 361 g/mol. The van der Waals surface area contributed by atoms with Crippen LogP contribution >= 0.6 is 34.2 Å². The van der Waals surface area contributed by atoms with E-state index in [0.29, 0.717) is 17.9 Å². The van der Waals surface area contributed by atoms with Gasteiger partial charge in [-0.1, -0.05) is 11.6 Å². The molecule has 3 rings (SSSR count). The second-order valence-electron chi connectivity index (χ2n) is 5.19. The number of rotatable bonds is 1. The van der Waals surface area contributed by atoms with Gasteiger partial charge >= 0.3 is 0 Å². The zero-order chi connectivity index (χ0) is 12.7. The van der Waals surface area contributed by atoms with Gasteiger partial charge < -0.3 is 4.90 Å². The first-order valence-corrected chi connectivity index (χ1v) is 7.86. The van der Waals surface area contributed by atoms with E-state index in [1.54, 1.807) is 0 Å². The lowest BCUT2D eigenvalue weighted by atomic mass is 9.83. The molecule has 96 valence electrons. The number of hydrogen-bond acceptors (Lipinski definition) is 2. The molecule has 1 aromatic carbocycles. The van der Waals surface area contributed by atoms with Gasteiger partial charge in [-0.2, -0.15) is 0 Å². The molecule has 2 unspecified atom stereocenters. The molecule has 2 heterocycles. The molecule has 1 aromatic rings. The number of carbonyl (C=O) groups excluding carboxylic acids is 1. The highest BCUT2D eigenvalue weighted by atomic mass is 127. The molecule has 2 fully saturated rings. The van der Waals surface area contributed by atoms with E-state index in [4.69, 9.17) is 11.6 Å². The van der Waals surface area contributed by atoms with E-state index in [0.717, 1.165) is 30.7 Å². The number of anilines is 1. The Morgan fingerprint density at radius 2 is 1.89 bits per heavy atom. The van der Waals surface area contributed by atoms with Crippen LogP contribution in [0.5, 0.6) is 0 Å². The average molecular weight is 376 g/mol. The molecule has 2 saturated heterocycles. The first kappa shape index (κ1) is 12.7. The standard InChI is InChI=1S/C14H15ClINO/c15-9-4-5-14(13(16)6-9)17-10-2-1-3-11(17)8-12(18)7-10/h4-6,10-11H,1-3,7-8H2. The summed E-state index contributed by atoms with van der Waals surface area (Å²) in [5, 5.41) is 0.779. The Kier molecular flexibility index (Phi) is 3.54. The third-order valence-corrected chi connectivity index (χ3v) is 5.08. The highest BCUT2D eigenvalue weighted by Gasteiger charge is 2.38. The van der Waals surface area contributed by atoms with Gasteiger partial charge in [0.15, 0.2) is 0 Å². The van der Waals surface area contributed by atoms with E-state index in [9.17, 15) is 4.79 Å². The molecule has 0 radical (unpaired) electrons. The third-order valence-electron chi connectivity index (χ3n) is 3.98. The number of carbonyl (C=O) groups is 1. The van der Waals surface area contributed by atoms with Crippen molar-refractivity contribution in [2.75, 3.05) is 4.90 Å². The second kappa shape index (κ2) is 5.00.